The first-order chi connectivity index (χ1) is 7.45. The summed E-state index contributed by atoms with van der Waals surface area (Å²) in [7, 11) is 0. The summed E-state index contributed by atoms with van der Waals surface area (Å²) in [6, 6.07) is 8.46. The fourth-order valence-corrected chi connectivity index (χ4v) is 2.71. The van der Waals surface area contributed by atoms with Gasteiger partial charge >= 0.3 is 0 Å². The molecule has 2 nitrogen and oxygen atoms in total. The molecule has 2 aliphatic rings. The summed E-state index contributed by atoms with van der Waals surface area (Å²) in [5.74, 6) is 1.43. The summed E-state index contributed by atoms with van der Waals surface area (Å²) >= 11 is 0. The van der Waals surface area contributed by atoms with E-state index in [4.69, 9.17) is 0 Å². The third-order valence-electron chi connectivity index (χ3n) is 3.49. The van der Waals surface area contributed by atoms with Crippen LogP contribution in [0.4, 0.5) is 0 Å². The number of hydrogen-bond acceptors (Lipinski definition) is 2. The predicted octanol–water partition coefficient (Wildman–Crippen LogP) is 2.73. The Kier molecular flexibility index (Phi) is 1.24. The van der Waals surface area contributed by atoms with E-state index in [0.29, 0.717) is 11.8 Å². The molecule has 0 spiro atoms. The van der Waals surface area contributed by atoms with Crippen LogP contribution in [0.3, 0.4) is 0 Å². The van der Waals surface area contributed by atoms with Crippen LogP contribution in [0.25, 0.3) is 11.4 Å². The Balaban J connectivity index is 2.09. The van der Waals surface area contributed by atoms with Crippen LogP contribution in [0, 0.1) is 0 Å². The van der Waals surface area contributed by atoms with Crippen molar-refractivity contribution in [3.8, 4) is 11.4 Å². The van der Waals surface area contributed by atoms with Gasteiger partial charge in [0.2, 0.25) is 0 Å². The van der Waals surface area contributed by atoms with Crippen molar-refractivity contribution in [3.05, 3.63) is 47.8 Å². The van der Waals surface area contributed by atoms with E-state index in [1.807, 2.05) is 24.5 Å². The van der Waals surface area contributed by atoms with Gasteiger partial charge in [0.1, 0.15) is 0 Å². The molecule has 2 aromatic rings. The van der Waals surface area contributed by atoms with Crippen molar-refractivity contribution in [1.82, 2.24) is 9.97 Å². The van der Waals surface area contributed by atoms with E-state index in [1.165, 1.54) is 17.5 Å². The van der Waals surface area contributed by atoms with Crippen LogP contribution in [0.5, 0.6) is 0 Å². The fraction of sp³-hybridized carbons (Fsp3) is 0.231. The first kappa shape index (κ1) is 7.57. The number of fused-ring (bicyclic) bond motifs is 6. The fourth-order valence-electron chi connectivity index (χ4n) is 2.71. The molecule has 2 aliphatic carbocycles. The molecule has 2 heteroatoms. The minimum atomic E-state index is 0.713. The molecule has 0 bridgehead atoms. The molecule has 0 saturated heterocycles. The molecule has 72 valence electrons. The molecule has 2 unspecified atom stereocenters. The van der Waals surface area contributed by atoms with E-state index in [-0.39, 0.29) is 0 Å². The Morgan fingerprint density at radius 1 is 0.867 bits per heavy atom. The average molecular weight is 194 g/mol. The summed E-state index contributed by atoms with van der Waals surface area (Å²) in [5, 5.41) is 0. The standard InChI is InChI=1S/C13H10N2/c1-3-8-10-7-11(10)9-4-2-6-15-13(9)12(8)14-5-1/h1-6,10-11H,7H2. The van der Waals surface area contributed by atoms with Crippen LogP contribution >= 0.6 is 0 Å². The van der Waals surface area contributed by atoms with E-state index >= 15 is 0 Å². The monoisotopic (exact) mass is 194 g/mol. The maximum atomic E-state index is 4.48. The molecule has 0 amide bonds. The molecule has 2 aromatic heterocycles. The second kappa shape index (κ2) is 2.45. The molecular weight excluding hydrogens is 184 g/mol. The highest BCUT2D eigenvalue weighted by atomic mass is 14.8. The van der Waals surface area contributed by atoms with Gasteiger partial charge < -0.3 is 0 Å². The highest BCUT2D eigenvalue weighted by molar-refractivity contribution is 5.70. The molecule has 0 N–H and O–H groups in total. The van der Waals surface area contributed by atoms with Crippen LogP contribution in [-0.2, 0) is 0 Å². The maximum absolute atomic E-state index is 4.48. The summed E-state index contributed by atoms with van der Waals surface area (Å²) in [4.78, 5) is 8.95. The van der Waals surface area contributed by atoms with Gasteiger partial charge in [-0.3, -0.25) is 9.97 Å². The van der Waals surface area contributed by atoms with Crippen LogP contribution in [-0.4, -0.2) is 9.97 Å². The minimum absolute atomic E-state index is 0.713. The second-order valence-corrected chi connectivity index (χ2v) is 4.33. The predicted molar refractivity (Wildman–Crippen MR) is 57.6 cm³/mol. The third kappa shape index (κ3) is 0.890. The summed E-state index contributed by atoms with van der Waals surface area (Å²) < 4.78 is 0. The summed E-state index contributed by atoms with van der Waals surface area (Å²) in [5.41, 5.74) is 5.00. The lowest BCUT2D eigenvalue weighted by Gasteiger charge is -2.16. The quantitative estimate of drug-likeness (QED) is 0.644. The van der Waals surface area contributed by atoms with Crippen molar-refractivity contribution in [2.75, 3.05) is 0 Å². The van der Waals surface area contributed by atoms with Gasteiger partial charge in [-0.1, -0.05) is 12.1 Å². The minimum Gasteiger partial charge on any atom is -0.254 e. The van der Waals surface area contributed by atoms with Crippen molar-refractivity contribution in [1.29, 1.82) is 0 Å². The lowest BCUT2D eigenvalue weighted by molar-refractivity contribution is 0.965. The number of aromatic nitrogens is 2. The molecule has 2 atom stereocenters. The number of rotatable bonds is 0. The zero-order chi connectivity index (χ0) is 9.83. The first-order valence-corrected chi connectivity index (χ1v) is 5.35. The maximum Gasteiger partial charge on any atom is 0.0924 e. The van der Waals surface area contributed by atoms with Gasteiger partial charge in [0.25, 0.3) is 0 Å². The Hall–Kier alpha value is -1.70. The lowest BCUT2D eigenvalue weighted by Crippen LogP contribution is -2.02. The van der Waals surface area contributed by atoms with E-state index in [1.54, 1.807) is 0 Å². The van der Waals surface area contributed by atoms with Crippen molar-refractivity contribution < 1.29 is 0 Å². The van der Waals surface area contributed by atoms with Gasteiger partial charge in [-0.2, -0.15) is 0 Å². The number of nitrogens with zero attached hydrogens (tertiary/aromatic N) is 2. The lowest BCUT2D eigenvalue weighted by atomic mass is 9.93. The highest BCUT2D eigenvalue weighted by Gasteiger charge is 2.46. The van der Waals surface area contributed by atoms with Gasteiger partial charge in [-0.05, 0) is 41.5 Å². The Morgan fingerprint density at radius 2 is 1.40 bits per heavy atom. The zero-order valence-electron chi connectivity index (χ0n) is 8.22. The molecule has 0 aromatic carbocycles. The Bertz CT molecular complexity index is 498. The first-order valence-electron chi connectivity index (χ1n) is 5.35. The van der Waals surface area contributed by atoms with Crippen LogP contribution in [0.1, 0.15) is 29.4 Å². The normalized spacial score (nSPS) is 25.1. The third-order valence-corrected chi connectivity index (χ3v) is 3.49. The van der Waals surface area contributed by atoms with Crippen molar-refractivity contribution in [3.63, 3.8) is 0 Å². The molecule has 15 heavy (non-hydrogen) atoms. The van der Waals surface area contributed by atoms with E-state index in [9.17, 15) is 0 Å². The smallest absolute Gasteiger partial charge is 0.0924 e. The van der Waals surface area contributed by atoms with E-state index in [2.05, 4.69) is 22.1 Å². The number of pyridine rings is 2. The molecular formula is C13H10N2. The Labute approximate surface area is 88.0 Å². The van der Waals surface area contributed by atoms with Crippen molar-refractivity contribution >= 4 is 0 Å². The van der Waals surface area contributed by atoms with Gasteiger partial charge in [0.05, 0.1) is 11.4 Å². The average Bonchev–Trinajstić information content (AvgIpc) is 3.10. The van der Waals surface area contributed by atoms with Gasteiger partial charge in [-0.15, -0.1) is 0 Å². The second-order valence-electron chi connectivity index (χ2n) is 4.33. The summed E-state index contributed by atoms with van der Waals surface area (Å²) in [6.45, 7) is 0. The summed E-state index contributed by atoms with van der Waals surface area (Å²) in [6.07, 6.45) is 5.00. The van der Waals surface area contributed by atoms with Crippen molar-refractivity contribution in [2.45, 2.75) is 18.3 Å². The van der Waals surface area contributed by atoms with Crippen molar-refractivity contribution in [2.24, 2.45) is 0 Å². The topological polar surface area (TPSA) is 25.8 Å². The van der Waals surface area contributed by atoms with E-state index in [0.717, 1.165) is 11.4 Å². The molecule has 0 aliphatic heterocycles. The van der Waals surface area contributed by atoms with Crippen LogP contribution in [0.15, 0.2) is 36.7 Å². The molecule has 4 rings (SSSR count). The highest BCUT2D eigenvalue weighted by Crippen LogP contribution is 2.60. The van der Waals surface area contributed by atoms with Crippen LogP contribution in [0.2, 0.25) is 0 Å². The molecule has 1 saturated carbocycles. The molecule has 1 fully saturated rings. The van der Waals surface area contributed by atoms with E-state index < -0.39 is 0 Å². The zero-order valence-corrected chi connectivity index (χ0v) is 8.22. The SMILES string of the molecule is c1cnc2c(c1)C1CC1c1cccnc1-2. The van der Waals surface area contributed by atoms with Crippen LogP contribution < -0.4 is 0 Å². The van der Waals surface area contributed by atoms with Gasteiger partial charge in [0.15, 0.2) is 0 Å². The molecule has 0 radical (unpaired) electrons. The number of hydrogen-bond donors (Lipinski definition) is 0. The van der Waals surface area contributed by atoms with Gasteiger partial charge in [-0.25, -0.2) is 0 Å². The largest absolute Gasteiger partial charge is 0.254 e. The van der Waals surface area contributed by atoms with Gasteiger partial charge in [0, 0.05) is 12.4 Å². The molecule has 2 heterocycles. The Morgan fingerprint density at radius 3 is 1.93 bits per heavy atom.